The first kappa shape index (κ1) is 20.8. The number of nitrogens with one attached hydrogen (secondary N) is 1. The van der Waals surface area contributed by atoms with E-state index >= 15 is 0 Å². The number of rotatable bonds is 6. The van der Waals surface area contributed by atoms with Crippen LogP contribution in [0.1, 0.15) is 22.8 Å². The first-order valence-corrected chi connectivity index (χ1v) is 9.50. The van der Waals surface area contributed by atoms with Crippen molar-refractivity contribution in [1.29, 1.82) is 0 Å². The standard InChI is InChI=1S/C21H18Cl2N4O2/c1-13(28)27(2)15-6-7-19(25-12-15)26-20-11-14(8-9-24-20)10-18(29)21-16(22)4-3-5-17(21)23/h3-9,11-12H,10H2,1-2H3,(H,24,25,26). The molecule has 2 aromatic heterocycles. The highest BCUT2D eigenvalue weighted by atomic mass is 35.5. The normalized spacial score (nSPS) is 10.5. The van der Waals surface area contributed by atoms with Gasteiger partial charge in [-0.15, -0.1) is 0 Å². The summed E-state index contributed by atoms with van der Waals surface area (Å²) >= 11 is 12.2. The van der Waals surface area contributed by atoms with Gasteiger partial charge in [0, 0.05) is 26.6 Å². The fourth-order valence-corrected chi connectivity index (χ4v) is 3.27. The van der Waals surface area contributed by atoms with Gasteiger partial charge in [0.2, 0.25) is 5.91 Å². The maximum atomic E-state index is 12.6. The SMILES string of the molecule is CC(=O)N(C)c1ccc(Nc2cc(CC(=O)c3c(Cl)cccc3Cl)ccn2)nc1. The zero-order valence-electron chi connectivity index (χ0n) is 15.8. The number of halogens is 2. The van der Waals surface area contributed by atoms with Crippen molar-refractivity contribution in [1.82, 2.24) is 9.97 Å². The molecule has 0 atom stereocenters. The second-order valence-corrected chi connectivity index (χ2v) is 7.17. The number of aromatic nitrogens is 2. The van der Waals surface area contributed by atoms with Gasteiger partial charge in [0.05, 0.1) is 27.5 Å². The topological polar surface area (TPSA) is 75.2 Å². The molecule has 0 aliphatic rings. The lowest BCUT2D eigenvalue weighted by molar-refractivity contribution is -0.116. The number of ketones is 1. The van der Waals surface area contributed by atoms with E-state index in [0.29, 0.717) is 32.9 Å². The molecule has 3 rings (SSSR count). The van der Waals surface area contributed by atoms with Crippen molar-refractivity contribution >= 4 is 52.2 Å². The molecule has 0 radical (unpaired) electrons. The fraction of sp³-hybridized carbons (Fsp3) is 0.143. The highest BCUT2D eigenvalue weighted by Crippen LogP contribution is 2.26. The largest absolute Gasteiger partial charge is 0.325 e. The predicted octanol–water partition coefficient (Wildman–Crippen LogP) is 4.94. The molecular weight excluding hydrogens is 411 g/mol. The summed E-state index contributed by atoms with van der Waals surface area (Å²) in [7, 11) is 1.68. The van der Waals surface area contributed by atoms with Crippen molar-refractivity contribution < 1.29 is 9.59 Å². The van der Waals surface area contributed by atoms with Crippen LogP contribution in [0.2, 0.25) is 10.0 Å². The van der Waals surface area contributed by atoms with Crippen molar-refractivity contribution in [3.63, 3.8) is 0 Å². The lowest BCUT2D eigenvalue weighted by atomic mass is 10.0. The van der Waals surface area contributed by atoms with Crippen molar-refractivity contribution in [2.24, 2.45) is 0 Å². The first-order valence-electron chi connectivity index (χ1n) is 8.74. The van der Waals surface area contributed by atoms with Crippen molar-refractivity contribution in [3.8, 4) is 0 Å². The molecule has 3 aromatic rings. The molecule has 1 N–H and O–H groups in total. The second-order valence-electron chi connectivity index (χ2n) is 6.35. The third-order valence-corrected chi connectivity index (χ3v) is 4.92. The summed E-state index contributed by atoms with van der Waals surface area (Å²) in [5.74, 6) is 0.856. The Hall–Kier alpha value is -2.96. The lowest BCUT2D eigenvalue weighted by Gasteiger charge is -2.14. The monoisotopic (exact) mass is 428 g/mol. The molecule has 0 unspecified atom stereocenters. The summed E-state index contributed by atoms with van der Waals surface area (Å²) in [4.78, 5) is 34.1. The number of benzene rings is 1. The molecule has 1 aromatic carbocycles. The average Bonchev–Trinajstić information content (AvgIpc) is 2.68. The summed E-state index contributed by atoms with van der Waals surface area (Å²) in [6.07, 6.45) is 3.34. The number of nitrogens with zero attached hydrogens (tertiary/aromatic N) is 3. The summed E-state index contributed by atoms with van der Waals surface area (Å²) in [5.41, 5.74) is 1.76. The van der Waals surface area contributed by atoms with Gasteiger partial charge in [0.15, 0.2) is 5.78 Å². The van der Waals surface area contributed by atoms with Crippen LogP contribution in [-0.4, -0.2) is 28.7 Å². The van der Waals surface area contributed by atoms with Gasteiger partial charge in [-0.2, -0.15) is 0 Å². The van der Waals surface area contributed by atoms with Crippen LogP contribution in [0.4, 0.5) is 17.3 Å². The van der Waals surface area contributed by atoms with E-state index in [1.807, 2.05) is 0 Å². The van der Waals surface area contributed by atoms with Gasteiger partial charge in [0.1, 0.15) is 11.6 Å². The zero-order valence-corrected chi connectivity index (χ0v) is 17.3. The van der Waals surface area contributed by atoms with Crippen LogP contribution in [-0.2, 0) is 11.2 Å². The van der Waals surface area contributed by atoms with E-state index in [2.05, 4.69) is 15.3 Å². The molecule has 29 heavy (non-hydrogen) atoms. The average molecular weight is 429 g/mol. The molecule has 0 spiro atoms. The highest BCUT2D eigenvalue weighted by Gasteiger charge is 2.15. The van der Waals surface area contributed by atoms with Gasteiger partial charge in [-0.25, -0.2) is 9.97 Å². The molecule has 8 heteroatoms. The zero-order chi connectivity index (χ0) is 21.0. The summed E-state index contributed by atoms with van der Waals surface area (Å²) in [6.45, 7) is 1.48. The number of Topliss-reactive ketones (excluding diaryl/α,β-unsaturated/α-hetero) is 1. The number of carbonyl (C=O) groups excluding carboxylic acids is 2. The Morgan fingerprint density at radius 2 is 1.76 bits per heavy atom. The van der Waals surface area contributed by atoms with Crippen LogP contribution in [0, 0.1) is 0 Å². The number of anilines is 3. The minimum atomic E-state index is -0.174. The van der Waals surface area contributed by atoms with Gasteiger partial charge in [-0.3, -0.25) is 9.59 Å². The highest BCUT2D eigenvalue weighted by molar-refractivity contribution is 6.39. The van der Waals surface area contributed by atoms with Gasteiger partial charge >= 0.3 is 0 Å². The molecule has 0 bridgehead atoms. The maximum absolute atomic E-state index is 12.6. The number of hydrogen-bond acceptors (Lipinski definition) is 5. The summed E-state index contributed by atoms with van der Waals surface area (Å²) in [5, 5.41) is 3.74. The van der Waals surface area contributed by atoms with E-state index in [1.54, 1.807) is 61.9 Å². The van der Waals surface area contributed by atoms with E-state index in [1.165, 1.54) is 11.8 Å². The molecule has 2 heterocycles. The number of carbonyl (C=O) groups is 2. The van der Waals surface area contributed by atoms with E-state index in [0.717, 1.165) is 5.56 Å². The quantitative estimate of drug-likeness (QED) is 0.562. The Labute approximate surface area is 178 Å². The third-order valence-electron chi connectivity index (χ3n) is 4.29. The van der Waals surface area contributed by atoms with Gasteiger partial charge in [-0.05, 0) is 42.0 Å². The maximum Gasteiger partial charge on any atom is 0.223 e. The minimum Gasteiger partial charge on any atom is -0.325 e. The summed E-state index contributed by atoms with van der Waals surface area (Å²) < 4.78 is 0. The summed E-state index contributed by atoms with van der Waals surface area (Å²) in [6, 6.07) is 12.0. The van der Waals surface area contributed by atoms with E-state index < -0.39 is 0 Å². The number of amides is 1. The Morgan fingerprint density at radius 3 is 2.38 bits per heavy atom. The van der Waals surface area contributed by atoms with E-state index in [-0.39, 0.29) is 18.1 Å². The molecule has 6 nitrogen and oxygen atoms in total. The number of hydrogen-bond donors (Lipinski definition) is 1. The molecule has 0 fully saturated rings. The third kappa shape index (κ3) is 5.10. The van der Waals surface area contributed by atoms with Crippen molar-refractivity contribution in [2.75, 3.05) is 17.3 Å². The smallest absolute Gasteiger partial charge is 0.223 e. The van der Waals surface area contributed by atoms with Crippen molar-refractivity contribution in [2.45, 2.75) is 13.3 Å². The molecular formula is C21H18Cl2N4O2. The molecule has 0 saturated heterocycles. The first-order chi connectivity index (χ1) is 13.8. The molecule has 0 saturated carbocycles. The van der Waals surface area contributed by atoms with Crippen LogP contribution in [0.15, 0.2) is 54.9 Å². The van der Waals surface area contributed by atoms with Crippen LogP contribution < -0.4 is 10.2 Å². The number of pyridine rings is 2. The second kappa shape index (κ2) is 9.03. The van der Waals surface area contributed by atoms with Crippen LogP contribution in [0.25, 0.3) is 0 Å². The molecule has 1 amide bonds. The predicted molar refractivity (Wildman–Crippen MR) is 115 cm³/mol. The molecule has 0 aliphatic heterocycles. The van der Waals surface area contributed by atoms with Gasteiger partial charge < -0.3 is 10.2 Å². The van der Waals surface area contributed by atoms with Gasteiger partial charge in [-0.1, -0.05) is 29.3 Å². The fourth-order valence-electron chi connectivity index (χ4n) is 2.66. The minimum absolute atomic E-state index is 0.0785. The Balaban J connectivity index is 1.73. The van der Waals surface area contributed by atoms with E-state index in [9.17, 15) is 9.59 Å². The Morgan fingerprint density at radius 1 is 1.03 bits per heavy atom. The molecule has 148 valence electrons. The van der Waals surface area contributed by atoms with Crippen LogP contribution in [0.3, 0.4) is 0 Å². The van der Waals surface area contributed by atoms with Crippen molar-refractivity contribution in [3.05, 3.63) is 76.0 Å². The van der Waals surface area contributed by atoms with Gasteiger partial charge in [0.25, 0.3) is 0 Å². The van der Waals surface area contributed by atoms with Crippen LogP contribution >= 0.6 is 23.2 Å². The van der Waals surface area contributed by atoms with E-state index in [4.69, 9.17) is 23.2 Å². The lowest BCUT2D eigenvalue weighted by Crippen LogP contribution is -2.22. The Bertz CT molecular complexity index is 1030. The van der Waals surface area contributed by atoms with Crippen LogP contribution in [0.5, 0.6) is 0 Å². The Kier molecular flexibility index (Phi) is 6.46. The molecule has 0 aliphatic carbocycles.